The second-order valence-corrected chi connectivity index (χ2v) is 7.71. The van der Waals surface area contributed by atoms with E-state index in [1.54, 1.807) is 13.8 Å². The summed E-state index contributed by atoms with van der Waals surface area (Å²) >= 11 is 0. The Morgan fingerprint density at radius 1 is 0.958 bits per heavy atom. The number of carbonyl (C=O) groups is 1. The molecule has 1 N–H and O–H groups in total. The van der Waals surface area contributed by atoms with Crippen molar-refractivity contribution in [1.29, 1.82) is 0 Å². The molecular formula is C21H27NO2. The minimum Gasteiger partial charge on any atom is -0.478 e. The fourth-order valence-electron chi connectivity index (χ4n) is 2.37. The molecule has 0 aliphatic heterocycles. The molecule has 2 aromatic rings. The van der Waals surface area contributed by atoms with Gasteiger partial charge in [0, 0.05) is 5.69 Å². The molecule has 2 rings (SSSR count). The highest BCUT2D eigenvalue weighted by Gasteiger charge is 2.30. The number of hydrogen-bond donors (Lipinski definition) is 1. The molecule has 0 fully saturated rings. The van der Waals surface area contributed by atoms with Gasteiger partial charge in [0.2, 0.25) is 0 Å². The molecule has 2 aromatic carbocycles. The third kappa shape index (κ3) is 4.60. The van der Waals surface area contributed by atoms with Crippen molar-refractivity contribution >= 4 is 11.6 Å². The fraction of sp³-hybridized carbons (Fsp3) is 0.381. The maximum Gasteiger partial charge on any atom is 0.267 e. The van der Waals surface area contributed by atoms with Crippen LogP contribution in [0.1, 0.15) is 45.7 Å². The van der Waals surface area contributed by atoms with Crippen molar-refractivity contribution in [2.45, 2.75) is 52.6 Å². The van der Waals surface area contributed by atoms with Crippen LogP contribution in [0.4, 0.5) is 5.69 Å². The molecule has 0 bridgehead atoms. The lowest BCUT2D eigenvalue weighted by atomic mass is 9.87. The number of benzene rings is 2. The first-order valence-electron chi connectivity index (χ1n) is 8.26. The van der Waals surface area contributed by atoms with Crippen LogP contribution < -0.4 is 10.1 Å². The molecular weight excluding hydrogens is 298 g/mol. The summed E-state index contributed by atoms with van der Waals surface area (Å²) in [6.07, 6.45) is 0. The van der Waals surface area contributed by atoms with Crippen LogP contribution in [-0.2, 0) is 10.2 Å². The predicted octanol–water partition coefficient (Wildman–Crippen LogP) is 5.09. The SMILES string of the molecule is Cc1cccc(NC(=O)C(C)(C)Oc2ccc(C(C)(C)C)cc2)c1. The summed E-state index contributed by atoms with van der Waals surface area (Å²) in [7, 11) is 0. The van der Waals surface area contributed by atoms with E-state index in [4.69, 9.17) is 4.74 Å². The molecule has 0 saturated carbocycles. The van der Waals surface area contributed by atoms with Gasteiger partial charge in [0.15, 0.2) is 5.60 Å². The molecule has 0 radical (unpaired) electrons. The zero-order chi connectivity index (χ0) is 18.0. The fourth-order valence-corrected chi connectivity index (χ4v) is 2.37. The van der Waals surface area contributed by atoms with Crippen molar-refractivity contribution in [3.05, 3.63) is 59.7 Å². The van der Waals surface area contributed by atoms with E-state index in [1.165, 1.54) is 5.56 Å². The van der Waals surface area contributed by atoms with Crippen molar-refractivity contribution in [2.75, 3.05) is 5.32 Å². The molecule has 0 spiro atoms. The highest BCUT2D eigenvalue weighted by Crippen LogP contribution is 2.26. The largest absolute Gasteiger partial charge is 0.478 e. The average molecular weight is 325 g/mol. The molecule has 0 aromatic heterocycles. The van der Waals surface area contributed by atoms with Crippen molar-refractivity contribution < 1.29 is 9.53 Å². The van der Waals surface area contributed by atoms with Crippen LogP contribution in [0.2, 0.25) is 0 Å². The Kier molecular flexibility index (Phi) is 5.02. The lowest BCUT2D eigenvalue weighted by molar-refractivity contribution is -0.128. The number of aryl methyl sites for hydroxylation is 1. The van der Waals surface area contributed by atoms with Gasteiger partial charge in [0.25, 0.3) is 5.91 Å². The van der Waals surface area contributed by atoms with Gasteiger partial charge < -0.3 is 10.1 Å². The Hall–Kier alpha value is -2.29. The zero-order valence-electron chi connectivity index (χ0n) is 15.4. The van der Waals surface area contributed by atoms with Gasteiger partial charge in [-0.25, -0.2) is 0 Å². The number of rotatable bonds is 4. The summed E-state index contributed by atoms with van der Waals surface area (Å²) in [5.74, 6) is 0.514. The second kappa shape index (κ2) is 6.68. The highest BCUT2D eigenvalue weighted by atomic mass is 16.5. The molecule has 24 heavy (non-hydrogen) atoms. The standard InChI is InChI=1S/C21H27NO2/c1-15-8-7-9-17(14-15)22-19(23)21(5,6)24-18-12-10-16(11-13-18)20(2,3)4/h7-14H,1-6H3,(H,22,23). The smallest absolute Gasteiger partial charge is 0.267 e. The van der Waals surface area contributed by atoms with E-state index in [9.17, 15) is 4.79 Å². The molecule has 0 heterocycles. The topological polar surface area (TPSA) is 38.3 Å². The van der Waals surface area contributed by atoms with Gasteiger partial charge in [-0.1, -0.05) is 45.0 Å². The van der Waals surface area contributed by atoms with E-state index in [1.807, 2.05) is 55.5 Å². The van der Waals surface area contributed by atoms with Gasteiger partial charge in [-0.05, 0) is 61.6 Å². The summed E-state index contributed by atoms with van der Waals surface area (Å²) < 4.78 is 5.92. The van der Waals surface area contributed by atoms with Gasteiger partial charge in [0.1, 0.15) is 5.75 Å². The van der Waals surface area contributed by atoms with Crippen LogP contribution in [0.25, 0.3) is 0 Å². The molecule has 0 aliphatic rings. The molecule has 0 saturated heterocycles. The Morgan fingerprint density at radius 3 is 2.12 bits per heavy atom. The van der Waals surface area contributed by atoms with Crippen LogP contribution in [-0.4, -0.2) is 11.5 Å². The summed E-state index contributed by atoms with van der Waals surface area (Å²) in [6, 6.07) is 15.7. The number of anilines is 1. The van der Waals surface area contributed by atoms with Gasteiger partial charge in [-0.15, -0.1) is 0 Å². The maximum absolute atomic E-state index is 12.5. The van der Waals surface area contributed by atoms with E-state index in [-0.39, 0.29) is 11.3 Å². The van der Waals surface area contributed by atoms with E-state index in [0.717, 1.165) is 11.3 Å². The first-order chi connectivity index (χ1) is 11.1. The van der Waals surface area contributed by atoms with E-state index < -0.39 is 5.60 Å². The lowest BCUT2D eigenvalue weighted by Crippen LogP contribution is -2.42. The van der Waals surface area contributed by atoms with Crippen molar-refractivity contribution in [2.24, 2.45) is 0 Å². The summed E-state index contributed by atoms with van der Waals surface area (Å²) in [5, 5.41) is 2.91. The molecule has 3 nitrogen and oxygen atoms in total. The van der Waals surface area contributed by atoms with Crippen LogP contribution in [0.5, 0.6) is 5.75 Å². The van der Waals surface area contributed by atoms with Gasteiger partial charge in [-0.2, -0.15) is 0 Å². The Balaban J connectivity index is 2.08. The molecule has 128 valence electrons. The Morgan fingerprint density at radius 2 is 1.58 bits per heavy atom. The monoisotopic (exact) mass is 325 g/mol. The van der Waals surface area contributed by atoms with Gasteiger partial charge in [0.05, 0.1) is 0 Å². The normalized spacial score (nSPS) is 11.9. The first kappa shape index (κ1) is 18.1. The average Bonchev–Trinajstić information content (AvgIpc) is 2.46. The predicted molar refractivity (Wildman–Crippen MR) is 99.7 cm³/mol. The first-order valence-corrected chi connectivity index (χ1v) is 8.26. The number of nitrogens with one attached hydrogen (secondary N) is 1. The lowest BCUT2D eigenvalue weighted by Gasteiger charge is -2.26. The molecule has 0 aliphatic carbocycles. The zero-order valence-corrected chi connectivity index (χ0v) is 15.4. The summed E-state index contributed by atoms with van der Waals surface area (Å²) in [6.45, 7) is 12.0. The van der Waals surface area contributed by atoms with Crippen molar-refractivity contribution in [3.63, 3.8) is 0 Å². The second-order valence-electron chi connectivity index (χ2n) is 7.71. The minimum atomic E-state index is -0.965. The van der Waals surface area contributed by atoms with Gasteiger partial charge >= 0.3 is 0 Å². The van der Waals surface area contributed by atoms with Crippen LogP contribution in [0.15, 0.2) is 48.5 Å². The number of ether oxygens (including phenoxy) is 1. The molecule has 3 heteroatoms. The van der Waals surface area contributed by atoms with Gasteiger partial charge in [-0.3, -0.25) is 4.79 Å². The third-order valence-corrected chi connectivity index (χ3v) is 3.92. The maximum atomic E-state index is 12.5. The van der Waals surface area contributed by atoms with Crippen molar-refractivity contribution in [1.82, 2.24) is 0 Å². The van der Waals surface area contributed by atoms with Crippen LogP contribution in [0, 0.1) is 6.92 Å². The van der Waals surface area contributed by atoms with E-state index >= 15 is 0 Å². The van der Waals surface area contributed by atoms with Crippen LogP contribution >= 0.6 is 0 Å². The summed E-state index contributed by atoms with van der Waals surface area (Å²) in [4.78, 5) is 12.5. The molecule has 0 unspecified atom stereocenters. The highest BCUT2D eigenvalue weighted by molar-refractivity contribution is 5.97. The number of hydrogen-bond acceptors (Lipinski definition) is 2. The molecule has 1 amide bonds. The molecule has 0 atom stereocenters. The van der Waals surface area contributed by atoms with E-state index in [0.29, 0.717) is 5.75 Å². The van der Waals surface area contributed by atoms with Crippen molar-refractivity contribution in [3.8, 4) is 5.75 Å². The Bertz CT molecular complexity index is 709. The van der Waals surface area contributed by atoms with Crippen LogP contribution in [0.3, 0.4) is 0 Å². The summed E-state index contributed by atoms with van der Waals surface area (Å²) in [5.41, 5.74) is 2.24. The van der Waals surface area contributed by atoms with E-state index in [2.05, 4.69) is 26.1 Å². The number of amides is 1. The number of carbonyl (C=O) groups excluding carboxylic acids is 1. The quantitative estimate of drug-likeness (QED) is 0.850. The minimum absolute atomic E-state index is 0.0938. The third-order valence-electron chi connectivity index (χ3n) is 3.92. The Labute approximate surface area is 145 Å².